The number of hydrogen-bond donors (Lipinski definition) is 9. The molecule has 0 saturated heterocycles. The van der Waals surface area contributed by atoms with Crippen molar-refractivity contribution in [2.45, 2.75) is 45.7 Å². The van der Waals surface area contributed by atoms with E-state index in [0.717, 1.165) is 35.7 Å². The van der Waals surface area contributed by atoms with Gasteiger partial charge in [-0.3, -0.25) is 81.2 Å². The number of hydrogen-bond acceptors (Lipinski definition) is 43. The molecule has 3 atom stereocenters. The van der Waals surface area contributed by atoms with Gasteiger partial charge in [-0.05, 0) is 115 Å². The van der Waals surface area contributed by atoms with Crippen LogP contribution in [0.15, 0.2) is 151 Å². The van der Waals surface area contributed by atoms with Crippen LogP contribution >= 0.6 is 120 Å². The number of ether oxygens (including phenoxy) is 3. The first-order valence-electron chi connectivity index (χ1n) is 39.7. The van der Waals surface area contributed by atoms with Crippen molar-refractivity contribution >= 4 is 211 Å². The number of thiophene rings is 3. The van der Waals surface area contributed by atoms with E-state index in [1.165, 1.54) is 145 Å². The molecule has 10 N–H and O–H groups in total. The molecular weight excluding hydrogens is 2200 g/mol. The summed E-state index contributed by atoms with van der Waals surface area (Å²) in [4.78, 5) is 125. The van der Waals surface area contributed by atoms with Gasteiger partial charge in [0, 0.05) is 82.3 Å². The molecule has 0 radical (unpaired) electrons. The summed E-state index contributed by atoms with van der Waals surface area (Å²) in [6.45, 7) is 4.40. The van der Waals surface area contributed by atoms with Crippen LogP contribution in [0.3, 0.4) is 0 Å². The summed E-state index contributed by atoms with van der Waals surface area (Å²) in [5.41, 5.74) is 11.8. The summed E-state index contributed by atoms with van der Waals surface area (Å²) in [5.74, 6) is 6.51. The van der Waals surface area contributed by atoms with E-state index in [9.17, 15) is 78.2 Å². The van der Waals surface area contributed by atoms with Crippen molar-refractivity contribution in [1.82, 2.24) is 110 Å². The van der Waals surface area contributed by atoms with Crippen LogP contribution in [0.5, 0.6) is 0 Å². The van der Waals surface area contributed by atoms with Crippen LogP contribution in [0.2, 0.25) is 26.0 Å². The lowest BCUT2D eigenvalue weighted by Crippen LogP contribution is -2.18. The first kappa shape index (κ1) is 115. The summed E-state index contributed by atoms with van der Waals surface area (Å²) in [5, 5.41) is 132. The van der Waals surface area contributed by atoms with E-state index < -0.39 is 77.2 Å². The van der Waals surface area contributed by atoms with Gasteiger partial charge in [-0.1, -0.05) is 108 Å². The summed E-state index contributed by atoms with van der Waals surface area (Å²) in [7, 11) is 4.45. The zero-order chi connectivity index (χ0) is 108. The van der Waals surface area contributed by atoms with Gasteiger partial charge in [0.25, 0.3) is 28.4 Å². The number of aliphatic hydroxyl groups excluding tert-OH is 3. The summed E-state index contributed by atoms with van der Waals surface area (Å²) >= 11 is 42.7. The Hall–Kier alpha value is -16.1. The minimum Gasteiger partial charge on any atom is -0.476 e. The molecule has 0 spiro atoms. The van der Waals surface area contributed by atoms with Gasteiger partial charge in [0.05, 0.1) is 108 Å². The summed E-state index contributed by atoms with van der Waals surface area (Å²) in [6.07, 6.45) is 9.95. The van der Waals surface area contributed by atoms with Gasteiger partial charge in [-0.25, -0.2) is 75.9 Å². The quantitative estimate of drug-likeness (QED) is 0.00944. The molecule has 0 unspecified atom stereocenters. The fourth-order valence-electron chi connectivity index (χ4n) is 10.9. The number of pyridine rings is 7. The lowest BCUT2D eigenvalue weighted by molar-refractivity contribution is -0.385. The number of carboxylic acid groups (broad SMARTS) is 1. The first-order chi connectivity index (χ1) is 69.1. The predicted octanol–water partition coefficient (Wildman–Crippen LogP) is 15.0. The van der Waals surface area contributed by atoms with Crippen molar-refractivity contribution in [1.29, 1.82) is 0 Å². The van der Waals surface area contributed by atoms with Gasteiger partial charge in [-0.15, -0.1) is 65.9 Å². The Kier molecular flexibility index (Phi) is 42.9. The lowest BCUT2D eigenvalue weighted by atomic mass is 10.2. The van der Waals surface area contributed by atoms with E-state index in [1.807, 2.05) is 5.92 Å². The predicted molar refractivity (Wildman–Crippen MR) is 535 cm³/mol. The minimum atomic E-state index is -3.42. The van der Waals surface area contributed by atoms with Gasteiger partial charge < -0.3 is 40.4 Å². The molecule has 0 aliphatic rings. The van der Waals surface area contributed by atoms with Crippen molar-refractivity contribution in [3.8, 4) is 81.1 Å². The number of carbonyl (C=O) groups excluding carboxylic acids is 3. The molecule has 0 fully saturated rings. The monoisotopic (exact) mass is 2260 g/mol. The molecule has 0 aliphatic carbocycles. The average Bonchev–Trinajstić information content (AvgIpc) is 1.68. The van der Waals surface area contributed by atoms with Crippen molar-refractivity contribution in [2.24, 2.45) is 35.2 Å². The van der Waals surface area contributed by atoms with Crippen LogP contribution in [0, 0.1) is 74.8 Å². The van der Waals surface area contributed by atoms with Crippen molar-refractivity contribution < 1.29 is 86.8 Å². The zero-order valence-electron chi connectivity index (χ0n) is 75.8. The Morgan fingerprint density at radius 2 is 0.788 bits per heavy atom. The number of carbonyl (C=O) groups is 4. The number of amides is 3. The van der Waals surface area contributed by atoms with E-state index in [4.69, 9.17) is 110 Å². The van der Waals surface area contributed by atoms with Crippen LogP contribution in [0.1, 0.15) is 77.6 Å². The van der Waals surface area contributed by atoms with Crippen molar-refractivity contribution in [3.05, 3.63) is 261 Å². The Labute approximate surface area is 871 Å². The van der Waals surface area contributed by atoms with Gasteiger partial charge in [-0.2, -0.15) is 0 Å². The van der Waals surface area contributed by atoms with Crippen LogP contribution < -0.4 is 26.4 Å². The molecule has 3 amide bonds. The second kappa shape index (κ2) is 54.4. The number of aromatic carboxylic acids is 1. The van der Waals surface area contributed by atoms with Gasteiger partial charge in [0.2, 0.25) is 10.0 Å². The second-order valence-electron chi connectivity index (χ2n) is 27.8. The number of carboxylic acids is 1. The molecule has 0 aromatic carbocycles. The van der Waals surface area contributed by atoms with E-state index in [2.05, 4.69) is 141 Å². The SMILES string of the molecule is C#CCO.C[C@@H](OC(=O)Nc1c(-c2ccc(N)cn2)nnn1C)c1cc(Cl)sc1Cl.C[C@@H](OC(=O)Nc1c(-c2ccc(NS(C)(=O)=O)cn2)nnn1C)c1cc(Cl)sc1Cl.C[C@@H](OC(=O)Nc1c(-c2ccc([N+](=O)[O-])cn2)nnn1C)c1cc(Cl)sc1Cl.Cn1nnc(-c2ccc([N+](=O)[O-])cn2)c1C(=O)O.Cn1nnc(-c2ccc([N+](=O)[O-])cn2)c1CO.O=[N+]([O-])c1ccc(Br)nc1.O=[N+]([O-])c1ccc(C#CCO)nc1. The molecule has 0 saturated carbocycles. The van der Waals surface area contributed by atoms with Gasteiger partial charge in [0.15, 0.2) is 40.2 Å². The van der Waals surface area contributed by atoms with Crippen LogP contribution in [0.4, 0.5) is 71.6 Å². The number of nitrogen functional groups attached to an aromatic ring is 1. The number of halogens is 7. The van der Waals surface area contributed by atoms with Crippen LogP contribution in [-0.2, 0) is 66.1 Å². The highest BCUT2D eigenvalue weighted by atomic mass is 79.9. The van der Waals surface area contributed by atoms with Gasteiger partial charge >= 0.3 is 24.2 Å². The summed E-state index contributed by atoms with van der Waals surface area (Å²) < 4.78 is 51.1. The molecule has 66 heteroatoms. The number of rotatable bonds is 23. The number of anilines is 5. The normalized spacial score (nSPS) is 11.0. The minimum absolute atomic E-state index is 0.00296. The Morgan fingerprint density at radius 1 is 0.466 bits per heavy atom. The maximum atomic E-state index is 12.4. The third-order valence-electron chi connectivity index (χ3n) is 17.7. The number of aliphatic hydroxyl groups is 3. The fourth-order valence-corrected chi connectivity index (χ4v) is 16.6. The molecule has 0 bridgehead atoms. The number of sulfonamides is 1. The third kappa shape index (κ3) is 33.8. The molecule has 15 rings (SSSR count). The Bertz CT molecular complexity index is 7380. The molecule has 55 nitrogen and oxygen atoms in total. The number of nitrogens with two attached hydrogens (primary N) is 1. The number of aromatic nitrogens is 22. The fraction of sp³-hybridized carbons (Fsp3) is 0.188. The number of aryl methyl sites for hydroxylation is 5. The standard InChI is InChI=1S/C16H16Cl2N6O4S2.C15H12Cl2N6O4S.C15H14Cl2N6O2S.C9H7N5O4.C9H9N5O3.C8H6N2O3.C5H3BrN2O2.C3H4O/c1-8(10-6-12(17)29-14(10)18)28-16(25)20-15-13(21-23-24(15)2)11-5-4-9(7-19-11)22-30(3,26)27;1-7(9-5-11(16)28-13(9)17)27-15(24)19-14-12(20-21-22(14)2)10-4-3-8(6-18-10)23(25)26;1-7(9-5-11(16)26-13(9)17)25-15(24)20-14-12(21-22-23(14)2)10-4-3-8(18)6-19-10;1-13-8(9(15)16)7(11-12-13)6-3-2-5(4-10-6)14(17)18;1-13-8(5-15)9(11-12-13)7-3-2-6(4-10-7)14(16)17;11-5-1-2-7-3-4-8(6-9-7)10(12)13;6-5-2-1-4(3-7-5)8(9)10;1-2-3-4/h4-8,22H,1-3H3,(H,20,25);3-7H,1-2H3,(H,19,24);3-7H,18H2,1-2H3,(H,20,24);2-4H,1H3,(H,15,16);2-4,15H,5H2,1H3;3-4,6,11H,5H2;1-3H;1,4H,3H2/t8-;2*7-;;;;;/m111...../s1. The molecule has 0 aliphatic heterocycles. The average molecular weight is 2270 g/mol. The summed E-state index contributed by atoms with van der Waals surface area (Å²) in [6, 6.07) is 25.1. The second-order valence-corrected chi connectivity index (χ2v) is 37.2. The highest BCUT2D eigenvalue weighted by Gasteiger charge is 2.28. The van der Waals surface area contributed by atoms with Crippen LogP contribution in [-0.4, -0.2) is 207 Å². The maximum Gasteiger partial charge on any atom is 0.413 e. The smallest absolute Gasteiger partial charge is 0.413 e. The van der Waals surface area contributed by atoms with E-state index in [0.29, 0.717) is 110 Å². The highest BCUT2D eigenvalue weighted by Crippen LogP contribution is 2.40. The molecule has 15 heterocycles. The molecule has 15 aromatic heterocycles. The largest absolute Gasteiger partial charge is 0.476 e. The highest BCUT2D eigenvalue weighted by molar-refractivity contribution is 9.10. The molecule has 762 valence electrons. The third-order valence-corrected chi connectivity index (χ3v) is 23.3. The van der Waals surface area contributed by atoms with E-state index >= 15 is 0 Å². The van der Waals surface area contributed by atoms with E-state index in [-0.39, 0.29) is 88.4 Å². The molecular formula is C80H71BrCl6N32O23S4. The number of terminal acetylenes is 1. The Balaban J connectivity index is 0.000000211. The topological polar surface area (TPSA) is 745 Å². The number of nitrogens with one attached hydrogen (secondary N) is 4. The molecule has 146 heavy (non-hydrogen) atoms. The molecule has 15 aromatic rings. The number of nitrogens with zero attached hydrogens (tertiary/aromatic N) is 27. The van der Waals surface area contributed by atoms with Crippen LogP contribution in [0.25, 0.3) is 56.9 Å². The maximum absolute atomic E-state index is 12.4. The van der Waals surface area contributed by atoms with E-state index in [1.54, 1.807) is 85.4 Å². The van der Waals surface area contributed by atoms with Crippen molar-refractivity contribution in [3.63, 3.8) is 0 Å². The number of nitro groups is 5. The van der Waals surface area contributed by atoms with Crippen molar-refractivity contribution in [2.75, 3.05) is 45.9 Å². The zero-order valence-corrected chi connectivity index (χ0v) is 85.2. The first-order valence-corrected chi connectivity index (χ1v) is 47.1. The lowest BCUT2D eigenvalue weighted by Gasteiger charge is -2.14. The van der Waals surface area contributed by atoms with Gasteiger partial charge in [0.1, 0.15) is 97.2 Å². The Morgan fingerprint density at radius 3 is 1.08 bits per heavy atom.